The van der Waals surface area contributed by atoms with E-state index < -0.39 is 0 Å². The van der Waals surface area contributed by atoms with Crippen LogP contribution in [0.1, 0.15) is 17.7 Å². The van der Waals surface area contributed by atoms with Crippen LogP contribution in [0.15, 0.2) is 36.5 Å². The third-order valence-electron chi connectivity index (χ3n) is 5.17. The van der Waals surface area contributed by atoms with E-state index >= 15 is 0 Å². The SMILES string of the molecule is Cc1cc(N2CCCN(C(=O)C3Cc4cc(Cl)ccc4N3)CC2)ccn1. The third-order valence-corrected chi connectivity index (χ3v) is 5.41. The van der Waals surface area contributed by atoms with Crippen molar-refractivity contribution < 1.29 is 4.79 Å². The van der Waals surface area contributed by atoms with Gasteiger partial charge in [-0.1, -0.05) is 11.6 Å². The summed E-state index contributed by atoms with van der Waals surface area (Å²) in [6.07, 6.45) is 3.53. The molecule has 0 aliphatic carbocycles. The van der Waals surface area contributed by atoms with Gasteiger partial charge < -0.3 is 15.1 Å². The van der Waals surface area contributed by atoms with Crippen molar-refractivity contribution in [3.8, 4) is 0 Å². The summed E-state index contributed by atoms with van der Waals surface area (Å²) in [4.78, 5) is 21.6. The van der Waals surface area contributed by atoms with Crippen molar-refractivity contribution in [2.24, 2.45) is 0 Å². The molecule has 1 amide bonds. The van der Waals surface area contributed by atoms with Gasteiger partial charge in [0, 0.05) is 60.9 Å². The average molecular weight is 371 g/mol. The van der Waals surface area contributed by atoms with Crippen molar-refractivity contribution in [1.29, 1.82) is 0 Å². The number of nitrogens with one attached hydrogen (secondary N) is 1. The number of rotatable bonds is 2. The Morgan fingerprint density at radius 1 is 1.19 bits per heavy atom. The molecule has 3 heterocycles. The zero-order valence-corrected chi connectivity index (χ0v) is 15.7. The zero-order valence-electron chi connectivity index (χ0n) is 14.9. The Kier molecular flexibility index (Phi) is 4.72. The van der Waals surface area contributed by atoms with Crippen LogP contribution >= 0.6 is 11.6 Å². The molecule has 4 rings (SSSR count). The standard InChI is InChI=1S/C20H23ClN4O/c1-14-11-17(5-6-22-14)24-7-2-8-25(10-9-24)20(26)19-13-15-12-16(21)3-4-18(15)23-19/h3-6,11-12,19,23H,2,7-10,13H2,1H3. The molecule has 0 radical (unpaired) electrons. The number of nitrogens with zero attached hydrogens (tertiary/aromatic N) is 3. The van der Waals surface area contributed by atoms with Crippen molar-refractivity contribution >= 4 is 28.9 Å². The number of aryl methyl sites for hydroxylation is 1. The minimum absolute atomic E-state index is 0.182. The number of carbonyl (C=O) groups excluding carboxylic acids is 1. The molecule has 26 heavy (non-hydrogen) atoms. The summed E-state index contributed by atoms with van der Waals surface area (Å²) in [7, 11) is 0. The number of fused-ring (bicyclic) bond motifs is 1. The fourth-order valence-electron chi connectivity index (χ4n) is 3.82. The van der Waals surface area contributed by atoms with Gasteiger partial charge in [-0.15, -0.1) is 0 Å². The second kappa shape index (κ2) is 7.16. The highest BCUT2D eigenvalue weighted by atomic mass is 35.5. The quantitative estimate of drug-likeness (QED) is 0.882. The van der Waals surface area contributed by atoms with E-state index in [9.17, 15) is 4.79 Å². The van der Waals surface area contributed by atoms with E-state index in [2.05, 4.69) is 21.3 Å². The van der Waals surface area contributed by atoms with E-state index in [-0.39, 0.29) is 11.9 Å². The summed E-state index contributed by atoms with van der Waals surface area (Å²) in [6, 6.07) is 9.74. The number of aromatic nitrogens is 1. The van der Waals surface area contributed by atoms with Crippen LogP contribution in [-0.4, -0.2) is 48.0 Å². The second-order valence-corrected chi connectivity index (χ2v) is 7.46. The molecule has 2 aliphatic heterocycles. The molecule has 1 N–H and O–H groups in total. The number of benzene rings is 1. The minimum Gasteiger partial charge on any atom is -0.373 e. The van der Waals surface area contributed by atoms with Gasteiger partial charge in [-0.05, 0) is 49.2 Å². The first-order valence-electron chi connectivity index (χ1n) is 9.11. The summed E-state index contributed by atoms with van der Waals surface area (Å²) in [5, 5.41) is 4.08. The molecular formula is C20H23ClN4O. The molecule has 136 valence electrons. The average Bonchev–Trinajstić information content (AvgIpc) is 2.89. The number of halogens is 1. The van der Waals surface area contributed by atoms with Crippen LogP contribution in [0.3, 0.4) is 0 Å². The van der Waals surface area contributed by atoms with Gasteiger partial charge in [0.05, 0.1) is 0 Å². The van der Waals surface area contributed by atoms with Gasteiger partial charge in [0.25, 0.3) is 0 Å². The number of carbonyl (C=O) groups is 1. The molecule has 1 atom stereocenters. The molecule has 0 bridgehead atoms. The molecule has 1 aromatic heterocycles. The van der Waals surface area contributed by atoms with Crippen LogP contribution in [0.5, 0.6) is 0 Å². The Morgan fingerprint density at radius 3 is 2.92 bits per heavy atom. The lowest BCUT2D eigenvalue weighted by atomic mass is 10.1. The van der Waals surface area contributed by atoms with Gasteiger partial charge >= 0.3 is 0 Å². The largest absolute Gasteiger partial charge is 0.373 e. The van der Waals surface area contributed by atoms with E-state index in [1.165, 1.54) is 5.69 Å². The highest BCUT2D eigenvalue weighted by Gasteiger charge is 2.31. The minimum atomic E-state index is -0.182. The van der Waals surface area contributed by atoms with E-state index in [1.807, 2.05) is 42.3 Å². The van der Waals surface area contributed by atoms with Crippen molar-refractivity contribution in [2.75, 3.05) is 36.4 Å². The van der Waals surface area contributed by atoms with Crippen molar-refractivity contribution in [3.05, 3.63) is 52.8 Å². The maximum Gasteiger partial charge on any atom is 0.245 e. The van der Waals surface area contributed by atoms with Crippen LogP contribution in [0.25, 0.3) is 0 Å². The highest BCUT2D eigenvalue weighted by molar-refractivity contribution is 6.30. The Balaban J connectivity index is 1.41. The lowest BCUT2D eigenvalue weighted by Crippen LogP contribution is -2.43. The fraction of sp³-hybridized carbons (Fsp3) is 0.400. The van der Waals surface area contributed by atoms with E-state index in [4.69, 9.17) is 11.6 Å². The van der Waals surface area contributed by atoms with Crippen molar-refractivity contribution in [3.63, 3.8) is 0 Å². The van der Waals surface area contributed by atoms with Crippen LogP contribution in [0.4, 0.5) is 11.4 Å². The predicted molar refractivity (Wildman–Crippen MR) is 105 cm³/mol. The summed E-state index contributed by atoms with van der Waals surface area (Å²) in [5.41, 5.74) is 4.36. The predicted octanol–water partition coefficient (Wildman–Crippen LogP) is 3.12. The van der Waals surface area contributed by atoms with Gasteiger partial charge in [0.15, 0.2) is 0 Å². The Morgan fingerprint density at radius 2 is 2.08 bits per heavy atom. The summed E-state index contributed by atoms with van der Waals surface area (Å²) in [6.45, 7) is 5.36. The molecule has 1 fully saturated rings. The maximum atomic E-state index is 13.0. The molecule has 0 spiro atoms. The van der Waals surface area contributed by atoms with Gasteiger partial charge in [-0.2, -0.15) is 0 Å². The van der Waals surface area contributed by atoms with Crippen molar-refractivity contribution in [1.82, 2.24) is 9.88 Å². The molecule has 1 unspecified atom stereocenters. The van der Waals surface area contributed by atoms with E-state index in [1.54, 1.807) is 0 Å². The Bertz CT molecular complexity index is 825. The van der Waals surface area contributed by atoms with Crippen LogP contribution in [0, 0.1) is 6.92 Å². The number of hydrogen-bond donors (Lipinski definition) is 1. The highest BCUT2D eigenvalue weighted by Crippen LogP contribution is 2.29. The van der Waals surface area contributed by atoms with E-state index in [0.29, 0.717) is 6.42 Å². The molecule has 1 saturated heterocycles. The zero-order chi connectivity index (χ0) is 18.1. The lowest BCUT2D eigenvalue weighted by molar-refractivity contribution is -0.131. The summed E-state index contributed by atoms with van der Waals surface area (Å²) < 4.78 is 0. The molecule has 2 aromatic rings. The molecule has 0 saturated carbocycles. The Hall–Kier alpha value is -2.27. The second-order valence-electron chi connectivity index (χ2n) is 7.02. The number of pyridine rings is 1. The molecule has 5 nitrogen and oxygen atoms in total. The monoisotopic (exact) mass is 370 g/mol. The normalized spacial score (nSPS) is 19.7. The lowest BCUT2D eigenvalue weighted by Gasteiger charge is -2.25. The molecule has 2 aliphatic rings. The van der Waals surface area contributed by atoms with Gasteiger partial charge in [0.2, 0.25) is 5.91 Å². The summed E-state index contributed by atoms with van der Waals surface area (Å²) >= 11 is 6.07. The fourth-order valence-corrected chi connectivity index (χ4v) is 4.02. The number of amides is 1. The van der Waals surface area contributed by atoms with Gasteiger partial charge in [0.1, 0.15) is 6.04 Å². The van der Waals surface area contributed by atoms with Crippen LogP contribution < -0.4 is 10.2 Å². The third kappa shape index (κ3) is 3.49. The topological polar surface area (TPSA) is 48.5 Å². The smallest absolute Gasteiger partial charge is 0.245 e. The number of hydrogen-bond acceptors (Lipinski definition) is 4. The van der Waals surface area contributed by atoms with Crippen molar-refractivity contribution in [2.45, 2.75) is 25.8 Å². The Labute approximate surface area is 159 Å². The molecule has 6 heteroatoms. The van der Waals surface area contributed by atoms with Crippen LogP contribution in [-0.2, 0) is 11.2 Å². The first-order chi connectivity index (χ1) is 12.6. The number of anilines is 2. The molecule has 1 aromatic carbocycles. The van der Waals surface area contributed by atoms with E-state index in [0.717, 1.165) is 54.6 Å². The summed E-state index contributed by atoms with van der Waals surface area (Å²) in [5.74, 6) is 0.185. The first kappa shape index (κ1) is 17.2. The maximum absolute atomic E-state index is 13.0. The molecular weight excluding hydrogens is 348 g/mol. The van der Waals surface area contributed by atoms with Gasteiger partial charge in [-0.3, -0.25) is 9.78 Å². The van der Waals surface area contributed by atoms with Crippen LogP contribution in [0.2, 0.25) is 5.02 Å². The van der Waals surface area contributed by atoms with Gasteiger partial charge in [-0.25, -0.2) is 0 Å². The first-order valence-corrected chi connectivity index (χ1v) is 9.49.